The number of hydrogen-bond acceptors (Lipinski definition) is 5. The number of aromatic hydroxyl groups is 1. The fourth-order valence-electron chi connectivity index (χ4n) is 1.21. The first-order valence-electron chi connectivity index (χ1n) is 4.05. The van der Waals surface area contributed by atoms with E-state index in [0.717, 1.165) is 18.4 Å². The third kappa shape index (κ3) is 2.19. The largest absolute Gasteiger partial charge is 0.507 e. The van der Waals surface area contributed by atoms with Crippen LogP contribution >= 0.6 is 0 Å². The van der Waals surface area contributed by atoms with Crippen LogP contribution in [-0.4, -0.2) is 36.6 Å². The van der Waals surface area contributed by atoms with Crippen molar-refractivity contribution >= 4 is 21.6 Å². The Bertz CT molecular complexity index is 557. The molecule has 0 radical (unpaired) electrons. The minimum atomic E-state index is -3.88. The summed E-state index contributed by atoms with van der Waals surface area (Å²) in [7, 11) is -3.88. The van der Waals surface area contributed by atoms with Gasteiger partial charge in [0, 0.05) is 6.26 Å². The maximum Gasteiger partial charge on any atom is 0.377 e. The van der Waals surface area contributed by atoms with Gasteiger partial charge in [0.05, 0.1) is 5.56 Å². The third-order valence-electron chi connectivity index (χ3n) is 1.80. The van der Waals surface area contributed by atoms with E-state index < -0.39 is 37.8 Å². The number of rotatable bonds is 3. The van der Waals surface area contributed by atoms with E-state index in [4.69, 9.17) is 5.11 Å². The lowest BCUT2D eigenvalue weighted by molar-refractivity contribution is -0.131. The molecule has 7 heteroatoms. The number of carbonyl (C=O) groups excluding carboxylic acids is 1. The van der Waals surface area contributed by atoms with Crippen LogP contribution in [0.15, 0.2) is 23.1 Å². The molecule has 1 aromatic rings. The molecule has 0 fully saturated rings. The first-order valence-corrected chi connectivity index (χ1v) is 5.94. The predicted octanol–water partition coefficient (Wildman–Crippen LogP) is 0.0630. The van der Waals surface area contributed by atoms with Crippen LogP contribution in [0.3, 0.4) is 0 Å². The highest BCUT2D eigenvalue weighted by atomic mass is 32.2. The number of Topliss-reactive ketones (excluding diaryl/α,β-unsaturated/α-hetero) is 1. The Balaban J connectivity index is 3.60. The molecule has 0 saturated carbocycles. The topological polar surface area (TPSA) is 109 Å². The van der Waals surface area contributed by atoms with Gasteiger partial charge in [0.25, 0.3) is 5.78 Å². The maximum absolute atomic E-state index is 11.3. The number of carboxylic acid groups (broad SMARTS) is 1. The van der Waals surface area contributed by atoms with E-state index in [-0.39, 0.29) is 0 Å². The average molecular weight is 244 g/mol. The van der Waals surface area contributed by atoms with Crippen LogP contribution in [0, 0.1) is 0 Å². The Hall–Kier alpha value is -1.89. The Kier molecular flexibility index (Phi) is 2.99. The molecule has 0 aliphatic rings. The van der Waals surface area contributed by atoms with Crippen molar-refractivity contribution < 1.29 is 28.2 Å². The normalized spacial score (nSPS) is 11.1. The summed E-state index contributed by atoms with van der Waals surface area (Å²) in [6.07, 6.45) is 0.778. The molecular formula is C9H8O6S. The van der Waals surface area contributed by atoms with Gasteiger partial charge in [-0.25, -0.2) is 13.2 Å². The summed E-state index contributed by atoms with van der Waals surface area (Å²) < 4.78 is 22.6. The number of phenolic OH excluding ortho intramolecular Hbond substituents is 1. The monoisotopic (exact) mass is 244 g/mol. The lowest BCUT2D eigenvalue weighted by Crippen LogP contribution is -2.16. The number of sulfone groups is 1. The van der Waals surface area contributed by atoms with Gasteiger partial charge >= 0.3 is 5.97 Å². The second kappa shape index (κ2) is 3.93. The van der Waals surface area contributed by atoms with Crippen molar-refractivity contribution in [1.29, 1.82) is 0 Å². The van der Waals surface area contributed by atoms with Gasteiger partial charge in [-0.05, 0) is 12.1 Å². The molecule has 0 aliphatic heterocycles. The van der Waals surface area contributed by atoms with Gasteiger partial charge in [-0.15, -0.1) is 0 Å². The molecule has 16 heavy (non-hydrogen) atoms. The van der Waals surface area contributed by atoms with Gasteiger partial charge in [0.15, 0.2) is 9.84 Å². The molecule has 6 nitrogen and oxygen atoms in total. The summed E-state index contributed by atoms with van der Waals surface area (Å²) in [6.45, 7) is 0. The van der Waals surface area contributed by atoms with Crippen molar-refractivity contribution in [3.63, 3.8) is 0 Å². The zero-order chi connectivity index (χ0) is 12.5. The summed E-state index contributed by atoms with van der Waals surface area (Å²) in [4.78, 5) is 21.0. The average Bonchev–Trinajstić information content (AvgIpc) is 2.14. The molecule has 0 bridgehead atoms. The van der Waals surface area contributed by atoms with E-state index in [9.17, 15) is 23.1 Å². The van der Waals surface area contributed by atoms with E-state index in [1.165, 1.54) is 6.07 Å². The van der Waals surface area contributed by atoms with Crippen molar-refractivity contribution in [3.05, 3.63) is 23.8 Å². The Morgan fingerprint density at radius 1 is 1.25 bits per heavy atom. The smallest absolute Gasteiger partial charge is 0.377 e. The van der Waals surface area contributed by atoms with Gasteiger partial charge in [0.1, 0.15) is 10.6 Å². The fourth-order valence-corrected chi connectivity index (χ4v) is 2.22. The molecule has 1 rings (SSSR count). The quantitative estimate of drug-likeness (QED) is 0.575. The van der Waals surface area contributed by atoms with E-state index in [1.807, 2.05) is 0 Å². The molecule has 0 aromatic heterocycles. The van der Waals surface area contributed by atoms with Crippen molar-refractivity contribution in [2.45, 2.75) is 4.90 Å². The highest BCUT2D eigenvalue weighted by Gasteiger charge is 2.26. The molecule has 0 heterocycles. The van der Waals surface area contributed by atoms with E-state index >= 15 is 0 Å². The zero-order valence-corrected chi connectivity index (χ0v) is 8.98. The van der Waals surface area contributed by atoms with Crippen LogP contribution in [0.25, 0.3) is 0 Å². The zero-order valence-electron chi connectivity index (χ0n) is 8.17. The van der Waals surface area contributed by atoms with Crippen molar-refractivity contribution in [2.24, 2.45) is 0 Å². The van der Waals surface area contributed by atoms with E-state index in [1.54, 1.807) is 0 Å². The van der Waals surface area contributed by atoms with Crippen molar-refractivity contribution in [2.75, 3.05) is 6.26 Å². The number of phenols is 1. The molecule has 1 aromatic carbocycles. The van der Waals surface area contributed by atoms with Crippen molar-refractivity contribution in [3.8, 4) is 5.75 Å². The summed E-state index contributed by atoms with van der Waals surface area (Å²) in [5.74, 6) is -3.80. The third-order valence-corrected chi connectivity index (χ3v) is 2.97. The summed E-state index contributed by atoms with van der Waals surface area (Å²) in [5, 5.41) is 17.8. The van der Waals surface area contributed by atoms with Crippen LogP contribution in [-0.2, 0) is 14.6 Å². The minimum Gasteiger partial charge on any atom is -0.507 e. The van der Waals surface area contributed by atoms with Crippen LogP contribution in [0.2, 0.25) is 0 Å². The maximum atomic E-state index is 11.3. The molecule has 0 saturated heterocycles. The summed E-state index contributed by atoms with van der Waals surface area (Å²) in [5.41, 5.74) is -0.546. The molecule has 86 valence electrons. The molecule has 2 N–H and O–H groups in total. The number of benzene rings is 1. The molecule has 0 spiro atoms. The van der Waals surface area contributed by atoms with E-state index in [2.05, 4.69) is 0 Å². The highest BCUT2D eigenvalue weighted by molar-refractivity contribution is 7.90. The second-order valence-electron chi connectivity index (χ2n) is 3.06. The fraction of sp³-hybridized carbons (Fsp3) is 0.111. The number of hydrogen-bond donors (Lipinski definition) is 2. The number of carboxylic acids is 1. The second-order valence-corrected chi connectivity index (χ2v) is 5.01. The first kappa shape index (κ1) is 12.2. The molecule has 0 atom stereocenters. The molecule has 0 aliphatic carbocycles. The summed E-state index contributed by atoms with van der Waals surface area (Å²) >= 11 is 0. The number of aliphatic carboxylic acids is 1. The molecule has 0 unspecified atom stereocenters. The molecular weight excluding hydrogens is 236 g/mol. The Labute approximate surface area is 91.1 Å². The number of ketones is 1. The van der Waals surface area contributed by atoms with Crippen LogP contribution < -0.4 is 0 Å². The molecule has 0 amide bonds. The van der Waals surface area contributed by atoms with Gasteiger partial charge in [-0.3, -0.25) is 4.79 Å². The first-order chi connectivity index (χ1) is 7.25. The lowest BCUT2D eigenvalue weighted by atomic mass is 10.1. The predicted molar refractivity (Wildman–Crippen MR) is 53.2 cm³/mol. The minimum absolute atomic E-state index is 0.546. The van der Waals surface area contributed by atoms with E-state index in [0.29, 0.717) is 0 Å². The standard InChI is InChI=1S/C9H8O6S/c1-16(14,15)8-5(7(11)9(12)13)3-2-4-6(8)10/h2-4,10H,1H3,(H,12,13). The summed E-state index contributed by atoms with van der Waals surface area (Å²) in [6, 6.07) is 3.29. The number of carbonyl (C=O) groups is 2. The van der Waals surface area contributed by atoms with Gasteiger partial charge in [-0.1, -0.05) is 6.07 Å². The lowest BCUT2D eigenvalue weighted by Gasteiger charge is -2.06. The van der Waals surface area contributed by atoms with Crippen LogP contribution in [0.4, 0.5) is 0 Å². The van der Waals surface area contributed by atoms with Crippen LogP contribution in [0.1, 0.15) is 10.4 Å². The van der Waals surface area contributed by atoms with Crippen LogP contribution in [0.5, 0.6) is 5.75 Å². The van der Waals surface area contributed by atoms with Gasteiger partial charge in [0.2, 0.25) is 0 Å². The SMILES string of the molecule is CS(=O)(=O)c1c(O)cccc1C(=O)C(=O)O. The Morgan fingerprint density at radius 3 is 2.25 bits per heavy atom. The Morgan fingerprint density at radius 2 is 1.81 bits per heavy atom. The van der Waals surface area contributed by atoms with Gasteiger partial charge < -0.3 is 10.2 Å². The van der Waals surface area contributed by atoms with Gasteiger partial charge in [-0.2, -0.15) is 0 Å². The highest BCUT2D eigenvalue weighted by Crippen LogP contribution is 2.26. The van der Waals surface area contributed by atoms with Crippen molar-refractivity contribution in [1.82, 2.24) is 0 Å².